The molecule has 1 aromatic heterocycles. The van der Waals surface area contributed by atoms with Gasteiger partial charge in [-0.15, -0.1) is 11.3 Å². The third kappa shape index (κ3) is 3.56. The molecule has 2 unspecified atom stereocenters. The lowest BCUT2D eigenvalue weighted by atomic mass is 10.2. The number of rotatable bonds is 6. The molecule has 1 aliphatic heterocycles. The number of ether oxygens (including phenoxy) is 1. The molecule has 1 fully saturated rings. The third-order valence-corrected chi connectivity index (χ3v) is 3.84. The van der Waals surface area contributed by atoms with E-state index in [1.165, 1.54) is 12.8 Å². The smallest absolute Gasteiger partial charge is 0.0894 e. The molecule has 16 heavy (non-hydrogen) atoms. The van der Waals surface area contributed by atoms with Crippen LogP contribution in [0, 0.1) is 0 Å². The van der Waals surface area contributed by atoms with E-state index in [2.05, 4.69) is 5.32 Å². The molecule has 90 valence electrons. The fourth-order valence-corrected chi connectivity index (χ4v) is 2.68. The molecule has 2 N–H and O–H groups in total. The highest BCUT2D eigenvalue weighted by Crippen LogP contribution is 2.20. The zero-order valence-electron chi connectivity index (χ0n) is 9.39. The highest BCUT2D eigenvalue weighted by Gasteiger charge is 2.14. The molecule has 0 aromatic carbocycles. The Hall–Kier alpha value is -0.420. The van der Waals surface area contributed by atoms with E-state index in [1.807, 2.05) is 17.5 Å². The summed E-state index contributed by atoms with van der Waals surface area (Å²) < 4.78 is 5.51. The molecule has 0 amide bonds. The van der Waals surface area contributed by atoms with Crippen molar-refractivity contribution in [2.24, 2.45) is 0 Å². The summed E-state index contributed by atoms with van der Waals surface area (Å²) in [6.07, 6.45) is 3.19. The van der Waals surface area contributed by atoms with Gasteiger partial charge in [0, 0.05) is 18.0 Å². The van der Waals surface area contributed by atoms with Gasteiger partial charge in [-0.2, -0.15) is 0 Å². The average molecular weight is 241 g/mol. The first-order valence-electron chi connectivity index (χ1n) is 5.90. The molecule has 0 radical (unpaired) electrons. The van der Waals surface area contributed by atoms with Gasteiger partial charge >= 0.3 is 0 Å². The summed E-state index contributed by atoms with van der Waals surface area (Å²) in [4.78, 5) is 1.05. The molecule has 0 saturated carbocycles. The summed E-state index contributed by atoms with van der Waals surface area (Å²) in [5.74, 6) is 0. The molecule has 2 rings (SSSR count). The molecule has 1 aromatic rings. The zero-order valence-corrected chi connectivity index (χ0v) is 10.2. The number of hydrogen-bond acceptors (Lipinski definition) is 4. The van der Waals surface area contributed by atoms with Crippen LogP contribution in [-0.4, -0.2) is 30.9 Å². The second-order valence-electron chi connectivity index (χ2n) is 4.16. The number of aliphatic hydroxyl groups excluding tert-OH is 1. The molecule has 0 bridgehead atoms. The van der Waals surface area contributed by atoms with E-state index in [-0.39, 0.29) is 6.10 Å². The highest BCUT2D eigenvalue weighted by molar-refractivity contribution is 7.10. The number of thiophene rings is 1. The van der Waals surface area contributed by atoms with Gasteiger partial charge in [0.05, 0.1) is 12.2 Å². The van der Waals surface area contributed by atoms with Crippen molar-refractivity contribution in [3.05, 3.63) is 22.4 Å². The molecule has 0 aliphatic carbocycles. The SMILES string of the molecule is OC(CCNCC1CCCO1)c1cccs1. The van der Waals surface area contributed by atoms with Gasteiger partial charge in [0.1, 0.15) is 0 Å². The van der Waals surface area contributed by atoms with Crippen LogP contribution in [0.4, 0.5) is 0 Å². The van der Waals surface area contributed by atoms with Crippen molar-refractivity contribution in [2.75, 3.05) is 19.7 Å². The standard InChI is InChI=1S/C12H19NO2S/c14-11(12-4-2-8-16-12)5-6-13-9-10-3-1-7-15-10/h2,4,8,10-11,13-14H,1,3,5-7,9H2. The van der Waals surface area contributed by atoms with Crippen LogP contribution in [0.15, 0.2) is 17.5 Å². The lowest BCUT2D eigenvalue weighted by Crippen LogP contribution is -2.27. The first-order valence-corrected chi connectivity index (χ1v) is 6.78. The number of aliphatic hydroxyl groups is 1. The van der Waals surface area contributed by atoms with Crippen molar-refractivity contribution in [1.82, 2.24) is 5.32 Å². The van der Waals surface area contributed by atoms with E-state index in [0.717, 1.165) is 31.0 Å². The van der Waals surface area contributed by atoms with Crippen LogP contribution in [0.25, 0.3) is 0 Å². The second kappa shape index (κ2) is 6.35. The van der Waals surface area contributed by atoms with Crippen LogP contribution in [0.5, 0.6) is 0 Å². The van der Waals surface area contributed by atoms with Crippen LogP contribution < -0.4 is 5.32 Å². The van der Waals surface area contributed by atoms with E-state index in [1.54, 1.807) is 11.3 Å². The van der Waals surface area contributed by atoms with Crippen molar-refractivity contribution in [3.8, 4) is 0 Å². The quantitative estimate of drug-likeness (QED) is 0.748. The van der Waals surface area contributed by atoms with Crippen molar-refractivity contribution in [1.29, 1.82) is 0 Å². The second-order valence-corrected chi connectivity index (χ2v) is 5.14. The minimum atomic E-state index is -0.322. The predicted molar refractivity (Wildman–Crippen MR) is 65.7 cm³/mol. The largest absolute Gasteiger partial charge is 0.388 e. The molecular formula is C12H19NO2S. The van der Waals surface area contributed by atoms with Gasteiger partial charge in [0.25, 0.3) is 0 Å². The molecule has 2 heterocycles. The first kappa shape index (κ1) is 12.0. The third-order valence-electron chi connectivity index (χ3n) is 2.86. The van der Waals surface area contributed by atoms with E-state index in [9.17, 15) is 5.11 Å². The first-order chi connectivity index (χ1) is 7.86. The molecule has 2 atom stereocenters. The summed E-state index contributed by atoms with van der Waals surface area (Å²) >= 11 is 1.61. The molecule has 4 heteroatoms. The van der Waals surface area contributed by atoms with Crippen molar-refractivity contribution in [3.63, 3.8) is 0 Å². The Bertz CT molecular complexity index is 283. The summed E-state index contributed by atoms with van der Waals surface area (Å²) in [5, 5.41) is 15.2. The van der Waals surface area contributed by atoms with Crippen molar-refractivity contribution < 1.29 is 9.84 Å². The lowest BCUT2D eigenvalue weighted by molar-refractivity contribution is 0.108. The maximum absolute atomic E-state index is 9.84. The van der Waals surface area contributed by atoms with E-state index < -0.39 is 0 Å². The maximum atomic E-state index is 9.84. The Morgan fingerprint density at radius 2 is 2.56 bits per heavy atom. The Labute approximate surface area is 100 Å². The highest BCUT2D eigenvalue weighted by atomic mass is 32.1. The molecule has 3 nitrogen and oxygen atoms in total. The van der Waals surface area contributed by atoms with Gasteiger partial charge in [-0.05, 0) is 37.3 Å². The minimum Gasteiger partial charge on any atom is -0.388 e. The predicted octanol–water partition coefficient (Wildman–Crippen LogP) is 1.94. The Morgan fingerprint density at radius 1 is 1.62 bits per heavy atom. The lowest BCUT2D eigenvalue weighted by Gasteiger charge is -2.12. The van der Waals surface area contributed by atoms with Crippen molar-refractivity contribution in [2.45, 2.75) is 31.5 Å². The van der Waals surface area contributed by atoms with Gasteiger partial charge in [0.15, 0.2) is 0 Å². The number of hydrogen-bond donors (Lipinski definition) is 2. The van der Waals surface area contributed by atoms with E-state index >= 15 is 0 Å². The summed E-state index contributed by atoms with van der Waals surface area (Å²) in [5.41, 5.74) is 0. The zero-order chi connectivity index (χ0) is 11.2. The fraction of sp³-hybridized carbons (Fsp3) is 0.667. The molecular weight excluding hydrogens is 222 g/mol. The van der Waals surface area contributed by atoms with Gasteiger partial charge in [-0.25, -0.2) is 0 Å². The Kier molecular flexibility index (Phi) is 4.78. The average Bonchev–Trinajstić information content (AvgIpc) is 2.96. The number of nitrogens with one attached hydrogen (secondary N) is 1. The van der Waals surface area contributed by atoms with Crippen LogP contribution in [0.2, 0.25) is 0 Å². The van der Waals surface area contributed by atoms with Gasteiger partial charge in [0.2, 0.25) is 0 Å². The van der Waals surface area contributed by atoms with Crippen molar-refractivity contribution >= 4 is 11.3 Å². The van der Waals surface area contributed by atoms with Crippen LogP contribution in [0.3, 0.4) is 0 Å². The molecule has 0 spiro atoms. The van der Waals surface area contributed by atoms with Gasteiger partial charge < -0.3 is 15.2 Å². The van der Waals surface area contributed by atoms with Crippen LogP contribution in [-0.2, 0) is 4.74 Å². The van der Waals surface area contributed by atoms with E-state index in [0.29, 0.717) is 6.10 Å². The minimum absolute atomic E-state index is 0.322. The van der Waals surface area contributed by atoms with Gasteiger partial charge in [-0.3, -0.25) is 0 Å². The monoisotopic (exact) mass is 241 g/mol. The Balaban J connectivity index is 1.57. The normalized spacial score (nSPS) is 22.4. The fourth-order valence-electron chi connectivity index (χ4n) is 1.93. The molecule has 1 aliphatic rings. The van der Waals surface area contributed by atoms with Gasteiger partial charge in [-0.1, -0.05) is 6.07 Å². The van der Waals surface area contributed by atoms with E-state index in [4.69, 9.17) is 4.74 Å². The maximum Gasteiger partial charge on any atom is 0.0894 e. The molecule has 1 saturated heterocycles. The van der Waals surface area contributed by atoms with Crippen LogP contribution >= 0.6 is 11.3 Å². The summed E-state index contributed by atoms with van der Waals surface area (Å²) in [7, 11) is 0. The summed E-state index contributed by atoms with van der Waals surface area (Å²) in [6, 6.07) is 3.96. The summed E-state index contributed by atoms with van der Waals surface area (Å²) in [6.45, 7) is 2.67. The van der Waals surface area contributed by atoms with Crippen LogP contribution in [0.1, 0.15) is 30.2 Å². The topological polar surface area (TPSA) is 41.5 Å². The Morgan fingerprint density at radius 3 is 3.25 bits per heavy atom.